The van der Waals surface area contributed by atoms with Crippen LogP contribution in [-0.4, -0.2) is 37.1 Å². The molecule has 1 fully saturated rings. The van der Waals surface area contributed by atoms with E-state index in [0.717, 1.165) is 31.1 Å². The quantitative estimate of drug-likeness (QED) is 0.862. The minimum Gasteiger partial charge on any atom is -0.337 e. The number of hydrogen-bond acceptors (Lipinski definition) is 2. The second-order valence-electron chi connectivity index (χ2n) is 8.16. The van der Waals surface area contributed by atoms with Gasteiger partial charge in [-0.25, -0.2) is 4.79 Å². The highest BCUT2D eigenvalue weighted by Gasteiger charge is 2.27. The van der Waals surface area contributed by atoms with Crippen molar-refractivity contribution in [3.05, 3.63) is 35.9 Å². The van der Waals surface area contributed by atoms with Crippen LogP contribution in [0.4, 0.5) is 4.79 Å². The predicted molar refractivity (Wildman–Crippen MR) is 100 cm³/mol. The first-order valence-electron chi connectivity index (χ1n) is 9.18. The zero-order valence-electron chi connectivity index (χ0n) is 15.6. The van der Waals surface area contributed by atoms with Crippen LogP contribution < -0.4 is 10.6 Å². The van der Waals surface area contributed by atoms with Gasteiger partial charge in [-0.2, -0.15) is 0 Å². The largest absolute Gasteiger partial charge is 0.337 e. The molecular weight excluding hydrogens is 298 g/mol. The zero-order valence-corrected chi connectivity index (χ0v) is 15.6. The molecule has 0 bridgehead atoms. The first kappa shape index (κ1) is 18.8. The van der Waals surface area contributed by atoms with Crippen molar-refractivity contribution < 1.29 is 4.79 Å². The van der Waals surface area contributed by atoms with Crippen LogP contribution in [0.5, 0.6) is 0 Å². The summed E-state index contributed by atoms with van der Waals surface area (Å²) >= 11 is 0. The van der Waals surface area contributed by atoms with Crippen LogP contribution in [0.25, 0.3) is 0 Å². The van der Waals surface area contributed by atoms with Crippen molar-refractivity contribution in [3.8, 4) is 0 Å². The number of urea groups is 1. The Morgan fingerprint density at radius 2 is 2.00 bits per heavy atom. The average molecular weight is 332 g/mol. The molecule has 2 N–H and O–H groups in total. The van der Waals surface area contributed by atoms with Gasteiger partial charge in [-0.05, 0) is 36.3 Å². The predicted octanol–water partition coefficient (Wildman–Crippen LogP) is 3.80. The van der Waals surface area contributed by atoms with Gasteiger partial charge >= 0.3 is 6.03 Å². The fraction of sp³-hybridized carbons (Fsp3) is 0.650. The van der Waals surface area contributed by atoms with Crippen LogP contribution >= 0.6 is 0 Å². The van der Waals surface area contributed by atoms with Gasteiger partial charge in [-0.3, -0.25) is 0 Å². The molecular formula is C20H33N3O. The van der Waals surface area contributed by atoms with Gasteiger partial charge in [0.25, 0.3) is 0 Å². The third kappa shape index (κ3) is 5.82. The molecule has 134 valence electrons. The van der Waals surface area contributed by atoms with Crippen molar-refractivity contribution in [1.29, 1.82) is 0 Å². The van der Waals surface area contributed by atoms with E-state index in [0.29, 0.717) is 6.54 Å². The van der Waals surface area contributed by atoms with Gasteiger partial charge in [0.1, 0.15) is 0 Å². The Kier molecular flexibility index (Phi) is 6.67. The third-order valence-corrected chi connectivity index (χ3v) is 4.73. The molecule has 1 aromatic rings. The van der Waals surface area contributed by atoms with Crippen molar-refractivity contribution in [2.75, 3.05) is 26.2 Å². The van der Waals surface area contributed by atoms with E-state index in [2.05, 4.69) is 55.4 Å². The van der Waals surface area contributed by atoms with E-state index in [9.17, 15) is 4.79 Å². The number of carbonyl (C=O) groups excluding carboxylic acids is 1. The minimum atomic E-state index is -0.0798. The van der Waals surface area contributed by atoms with E-state index in [1.165, 1.54) is 12.8 Å². The Labute approximate surface area is 147 Å². The molecule has 4 heteroatoms. The fourth-order valence-electron chi connectivity index (χ4n) is 3.44. The van der Waals surface area contributed by atoms with Crippen LogP contribution in [0.3, 0.4) is 0 Å². The van der Waals surface area contributed by atoms with E-state index in [1.54, 1.807) is 0 Å². The molecule has 1 saturated heterocycles. The molecule has 0 aromatic heterocycles. The number of rotatable bonds is 5. The second kappa shape index (κ2) is 8.52. The first-order chi connectivity index (χ1) is 11.4. The van der Waals surface area contributed by atoms with E-state index in [4.69, 9.17) is 0 Å². The van der Waals surface area contributed by atoms with Gasteiger partial charge < -0.3 is 15.5 Å². The van der Waals surface area contributed by atoms with Crippen LogP contribution in [0.1, 0.15) is 52.1 Å². The Morgan fingerprint density at radius 1 is 1.29 bits per heavy atom. The molecule has 2 amide bonds. The van der Waals surface area contributed by atoms with E-state index < -0.39 is 0 Å². The lowest BCUT2D eigenvalue weighted by Crippen LogP contribution is -2.45. The Bertz CT molecular complexity index is 509. The number of nitrogens with one attached hydrogen (secondary N) is 2. The second-order valence-corrected chi connectivity index (χ2v) is 8.16. The number of carbonyl (C=O) groups is 1. The summed E-state index contributed by atoms with van der Waals surface area (Å²) in [6.45, 7) is 12.7. The third-order valence-electron chi connectivity index (χ3n) is 4.73. The number of likely N-dealkylation sites (tertiary alicyclic amines) is 1. The maximum Gasteiger partial charge on any atom is 0.315 e. The van der Waals surface area contributed by atoms with Gasteiger partial charge in [0.05, 0.1) is 6.04 Å². The lowest BCUT2D eigenvalue weighted by Gasteiger charge is -2.33. The number of piperidine rings is 1. The first-order valence-corrected chi connectivity index (χ1v) is 9.18. The molecule has 1 heterocycles. The Hall–Kier alpha value is -1.55. The van der Waals surface area contributed by atoms with Gasteiger partial charge in [-0.1, -0.05) is 58.0 Å². The summed E-state index contributed by atoms with van der Waals surface area (Å²) in [4.78, 5) is 14.8. The maximum atomic E-state index is 12.3. The van der Waals surface area contributed by atoms with Crippen LogP contribution in [-0.2, 0) is 0 Å². The summed E-state index contributed by atoms with van der Waals surface area (Å²) in [6.07, 6.45) is 2.60. The molecule has 2 rings (SSSR count). The molecule has 2 atom stereocenters. The monoisotopic (exact) mass is 331 g/mol. The van der Waals surface area contributed by atoms with E-state index in [-0.39, 0.29) is 17.5 Å². The fourth-order valence-corrected chi connectivity index (χ4v) is 3.44. The highest BCUT2D eigenvalue weighted by Crippen LogP contribution is 2.32. The smallest absolute Gasteiger partial charge is 0.315 e. The van der Waals surface area contributed by atoms with Crippen molar-refractivity contribution in [1.82, 2.24) is 15.5 Å². The van der Waals surface area contributed by atoms with Crippen molar-refractivity contribution in [2.24, 2.45) is 11.3 Å². The summed E-state index contributed by atoms with van der Waals surface area (Å²) in [5.74, 6) is 0.774. The minimum absolute atomic E-state index is 0.00583. The van der Waals surface area contributed by atoms with Crippen molar-refractivity contribution in [2.45, 2.75) is 46.6 Å². The zero-order chi connectivity index (χ0) is 17.6. The Morgan fingerprint density at radius 3 is 2.62 bits per heavy atom. The highest BCUT2D eigenvalue weighted by molar-refractivity contribution is 5.74. The number of amides is 2. The molecule has 0 radical (unpaired) electrons. The molecule has 1 aromatic carbocycles. The van der Waals surface area contributed by atoms with Gasteiger partial charge in [0.15, 0.2) is 0 Å². The number of nitrogens with zero attached hydrogens (tertiary/aromatic N) is 1. The van der Waals surface area contributed by atoms with Crippen LogP contribution in [0, 0.1) is 11.3 Å². The van der Waals surface area contributed by atoms with Crippen LogP contribution in [0.15, 0.2) is 30.3 Å². The van der Waals surface area contributed by atoms with Gasteiger partial charge in [-0.15, -0.1) is 0 Å². The topological polar surface area (TPSA) is 44.4 Å². The van der Waals surface area contributed by atoms with E-state index in [1.807, 2.05) is 18.2 Å². The summed E-state index contributed by atoms with van der Waals surface area (Å²) in [6, 6.07) is 10.1. The van der Waals surface area contributed by atoms with Crippen molar-refractivity contribution >= 4 is 6.03 Å². The normalized spacial score (nSPS) is 20.4. The molecule has 2 unspecified atom stereocenters. The average Bonchev–Trinajstić information content (AvgIpc) is 2.52. The number of hydrogen-bond donors (Lipinski definition) is 2. The molecule has 1 aliphatic rings. The van der Waals surface area contributed by atoms with E-state index >= 15 is 0 Å². The summed E-state index contributed by atoms with van der Waals surface area (Å²) in [5.41, 5.74) is 1.10. The summed E-state index contributed by atoms with van der Waals surface area (Å²) in [7, 11) is 0. The molecule has 24 heavy (non-hydrogen) atoms. The SMILES string of the molecule is CC1CCCN(CCNC(=O)NC(c2ccccc2)C(C)(C)C)C1. The van der Waals surface area contributed by atoms with Crippen molar-refractivity contribution in [3.63, 3.8) is 0 Å². The Balaban J connectivity index is 1.82. The van der Waals surface area contributed by atoms with Gasteiger partial charge in [0.2, 0.25) is 0 Å². The molecule has 0 saturated carbocycles. The number of benzene rings is 1. The standard InChI is InChI=1S/C20H33N3O/c1-16-9-8-13-23(15-16)14-12-21-19(24)22-18(20(2,3)4)17-10-6-5-7-11-17/h5-7,10-11,16,18H,8-9,12-15H2,1-4H3,(H2,21,22,24). The molecule has 4 nitrogen and oxygen atoms in total. The molecule has 1 aliphatic heterocycles. The summed E-state index contributed by atoms with van der Waals surface area (Å²) < 4.78 is 0. The lowest BCUT2D eigenvalue weighted by atomic mass is 9.82. The summed E-state index contributed by atoms with van der Waals surface area (Å²) in [5, 5.41) is 6.18. The van der Waals surface area contributed by atoms with Crippen LogP contribution in [0.2, 0.25) is 0 Å². The van der Waals surface area contributed by atoms with Gasteiger partial charge in [0, 0.05) is 19.6 Å². The molecule has 0 aliphatic carbocycles. The maximum absolute atomic E-state index is 12.3. The molecule has 0 spiro atoms. The lowest BCUT2D eigenvalue weighted by molar-refractivity contribution is 0.182. The highest BCUT2D eigenvalue weighted by atomic mass is 16.2.